The lowest BCUT2D eigenvalue weighted by atomic mass is 10.1. The van der Waals surface area contributed by atoms with Gasteiger partial charge < -0.3 is 19.3 Å². The normalized spacial score (nSPS) is 15.3. The average molecular weight is 649 g/mol. The van der Waals surface area contributed by atoms with Crippen LogP contribution < -0.4 is 24.7 Å². The maximum absolute atomic E-state index is 6.29. The number of aromatic nitrogens is 2. The molecular formula is C31H33IN6O2. The zero-order chi connectivity index (χ0) is 27.3. The molecule has 0 radical (unpaired) electrons. The fourth-order valence-corrected chi connectivity index (χ4v) is 6.12. The molecule has 2 fully saturated rings. The predicted octanol–water partition coefficient (Wildman–Crippen LogP) is 6.47. The first-order valence-corrected chi connectivity index (χ1v) is 14.9. The first-order valence-electron chi connectivity index (χ1n) is 13.8. The summed E-state index contributed by atoms with van der Waals surface area (Å²) in [6.45, 7) is 4.52. The van der Waals surface area contributed by atoms with Crippen molar-refractivity contribution < 1.29 is 9.47 Å². The van der Waals surface area contributed by atoms with Crippen LogP contribution in [0.4, 0.5) is 17.6 Å². The predicted molar refractivity (Wildman–Crippen MR) is 170 cm³/mol. The maximum atomic E-state index is 6.29. The number of fused-ring (bicyclic) bond motifs is 1. The molecule has 0 saturated carbocycles. The average Bonchev–Trinajstić information content (AvgIpc) is 3.72. The lowest BCUT2D eigenvalue weighted by Crippen LogP contribution is -2.24. The number of anilines is 3. The molecule has 8 nitrogen and oxygen atoms in total. The van der Waals surface area contributed by atoms with Crippen LogP contribution in [0.2, 0.25) is 0 Å². The van der Waals surface area contributed by atoms with Gasteiger partial charge in [-0.15, -0.1) is 0 Å². The van der Waals surface area contributed by atoms with E-state index in [0.29, 0.717) is 18.2 Å². The van der Waals surface area contributed by atoms with Crippen LogP contribution >= 0.6 is 22.6 Å². The SMILES string of the molecule is COc1cc(/C=N\Nc2cc(N3CCCC3)nc(N3CCCC3)n2)cc(I)c1OCc1cccc2ccccc12. The van der Waals surface area contributed by atoms with Crippen molar-refractivity contribution in [1.82, 2.24) is 9.97 Å². The second kappa shape index (κ2) is 12.3. The standard InChI is InChI=1S/C31H33IN6O2/c1-39-27-18-22(17-26(32)30(27)40-21-24-11-8-10-23-9-2-3-12-25(23)24)20-33-36-28-19-29(37-13-4-5-14-37)35-31(34-28)38-15-6-7-16-38/h2-3,8-12,17-20H,4-7,13-16,21H2,1H3,(H,34,35,36)/b33-20-. The molecule has 0 amide bonds. The van der Waals surface area contributed by atoms with Gasteiger partial charge in [0.2, 0.25) is 5.95 Å². The molecule has 2 aliphatic heterocycles. The third-order valence-corrected chi connectivity index (χ3v) is 8.22. The van der Waals surface area contributed by atoms with E-state index in [1.807, 2.05) is 18.2 Å². The monoisotopic (exact) mass is 648 g/mol. The van der Waals surface area contributed by atoms with Crippen molar-refractivity contribution in [3.8, 4) is 11.5 Å². The Bertz CT molecular complexity index is 1480. The Labute approximate surface area is 248 Å². The number of ether oxygens (including phenoxy) is 2. The molecule has 0 unspecified atom stereocenters. The summed E-state index contributed by atoms with van der Waals surface area (Å²) in [5.41, 5.74) is 5.19. The lowest BCUT2D eigenvalue weighted by Gasteiger charge is -2.21. The number of halogens is 1. The maximum Gasteiger partial charge on any atom is 0.229 e. The molecule has 0 atom stereocenters. The number of nitrogens with one attached hydrogen (secondary N) is 1. The fourth-order valence-electron chi connectivity index (χ4n) is 5.34. The Morgan fingerprint density at radius 1 is 0.925 bits per heavy atom. The van der Waals surface area contributed by atoms with Gasteiger partial charge in [0, 0.05) is 32.2 Å². The van der Waals surface area contributed by atoms with Crippen molar-refractivity contribution in [3.63, 3.8) is 0 Å². The Balaban J connectivity index is 1.18. The van der Waals surface area contributed by atoms with E-state index in [1.54, 1.807) is 13.3 Å². The van der Waals surface area contributed by atoms with Gasteiger partial charge in [0.25, 0.3) is 0 Å². The molecular weight excluding hydrogens is 615 g/mol. The Morgan fingerprint density at radius 2 is 1.68 bits per heavy atom. The zero-order valence-electron chi connectivity index (χ0n) is 22.6. The highest BCUT2D eigenvalue weighted by atomic mass is 127. The van der Waals surface area contributed by atoms with Crippen molar-refractivity contribution in [1.29, 1.82) is 0 Å². The molecule has 0 spiro atoms. The van der Waals surface area contributed by atoms with E-state index >= 15 is 0 Å². The summed E-state index contributed by atoms with van der Waals surface area (Å²) >= 11 is 2.29. The quantitative estimate of drug-likeness (QED) is 0.127. The van der Waals surface area contributed by atoms with Crippen molar-refractivity contribution in [2.45, 2.75) is 32.3 Å². The van der Waals surface area contributed by atoms with Gasteiger partial charge in [0.15, 0.2) is 17.3 Å². The van der Waals surface area contributed by atoms with Crippen LogP contribution in [-0.4, -0.2) is 49.5 Å². The molecule has 2 aliphatic rings. The van der Waals surface area contributed by atoms with Crippen LogP contribution in [0.3, 0.4) is 0 Å². The van der Waals surface area contributed by atoms with Crippen LogP contribution in [0.15, 0.2) is 65.8 Å². The van der Waals surface area contributed by atoms with Gasteiger partial charge in [0.1, 0.15) is 12.4 Å². The third-order valence-electron chi connectivity index (χ3n) is 7.42. The van der Waals surface area contributed by atoms with Gasteiger partial charge in [-0.1, -0.05) is 42.5 Å². The number of methoxy groups -OCH3 is 1. The van der Waals surface area contributed by atoms with Crippen molar-refractivity contribution in [2.75, 3.05) is 48.5 Å². The molecule has 1 N–H and O–H groups in total. The van der Waals surface area contributed by atoms with E-state index in [2.05, 4.69) is 85.4 Å². The van der Waals surface area contributed by atoms with Crippen molar-refractivity contribution in [2.24, 2.45) is 5.10 Å². The van der Waals surface area contributed by atoms with Gasteiger partial charge in [0.05, 0.1) is 16.9 Å². The van der Waals surface area contributed by atoms with Crippen LogP contribution in [0.1, 0.15) is 36.8 Å². The van der Waals surface area contributed by atoms with Gasteiger partial charge in [-0.3, -0.25) is 5.43 Å². The highest BCUT2D eigenvalue weighted by Crippen LogP contribution is 2.35. The molecule has 4 aromatic rings. The van der Waals surface area contributed by atoms with E-state index in [4.69, 9.17) is 19.4 Å². The van der Waals surface area contributed by atoms with Crippen molar-refractivity contribution in [3.05, 3.63) is 75.4 Å². The summed E-state index contributed by atoms with van der Waals surface area (Å²) in [6.07, 6.45) is 6.55. The van der Waals surface area contributed by atoms with E-state index in [9.17, 15) is 0 Å². The zero-order valence-corrected chi connectivity index (χ0v) is 24.8. The number of benzene rings is 3. The fraction of sp³-hybridized carbons (Fsp3) is 0.323. The number of hydrogen-bond acceptors (Lipinski definition) is 8. The van der Waals surface area contributed by atoms with Crippen LogP contribution in [0, 0.1) is 3.57 Å². The van der Waals surface area contributed by atoms with E-state index in [-0.39, 0.29) is 0 Å². The smallest absolute Gasteiger partial charge is 0.229 e. The van der Waals surface area contributed by atoms with Crippen molar-refractivity contribution >= 4 is 57.2 Å². The molecule has 1 aromatic heterocycles. The summed E-state index contributed by atoms with van der Waals surface area (Å²) in [5.74, 6) is 3.84. The first kappa shape index (κ1) is 26.6. The summed E-state index contributed by atoms with van der Waals surface area (Å²) in [5, 5.41) is 6.91. The van der Waals surface area contributed by atoms with Crippen LogP contribution in [0.5, 0.6) is 11.5 Å². The number of hydrazone groups is 1. The number of rotatable bonds is 9. The van der Waals surface area contributed by atoms with Crippen LogP contribution in [0.25, 0.3) is 10.8 Å². The molecule has 9 heteroatoms. The second-order valence-electron chi connectivity index (χ2n) is 10.1. The summed E-state index contributed by atoms with van der Waals surface area (Å²) in [4.78, 5) is 14.3. The minimum Gasteiger partial charge on any atom is -0.493 e. The Kier molecular flexibility index (Phi) is 8.17. The topological polar surface area (TPSA) is 75.1 Å². The molecule has 0 aliphatic carbocycles. The highest BCUT2D eigenvalue weighted by Gasteiger charge is 2.20. The minimum absolute atomic E-state index is 0.453. The van der Waals surface area contributed by atoms with Gasteiger partial charge >= 0.3 is 0 Å². The largest absolute Gasteiger partial charge is 0.493 e. The minimum atomic E-state index is 0.453. The Morgan fingerprint density at radius 3 is 2.48 bits per heavy atom. The summed E-state index contributed by atoms with van der Waals surface area (Å²) in [7, 11) is 1.66. The number of hydrogen-bond donors (Lipinski definition) is 1. The molecule has 2 saturated heterocycles. The van der Waals surface area contributed by atoms with Gasteiger partial charge in [-0.05, 0) is 82.3 Å². The van der Waals surface area contributed by atoms with Crippen LogP contribution in [-0.2, 0) is 6.61 Å². The summed E-state index contributed by atoms with van der Waals surface area (Å²) < 4.78 is 12.9. The Hall–Kier alpha value is -3.60. The second-order valence-corrected chi connectivity index (χ2v) is 11.3. The lowest BCUT2D eigenvalue weighted by molar-refractivity contribution is 0.283. The molecule has 3 heterocycles. The van der Waals surface area contributed by atoms with E-state index in [0.717, 1.165) is 58.4 Å². The van der Waals surface area contributed by atoms with Gasteiger partial charge in [-0.2, -0.15) is 15.1 Å². The molecule has 206 valence electrons. The highest BCUT2D eigenvalue weighted by molar-refractivity contribution is 14.1. The molecule has 40 heavy (non-hydrogen) atoms. The molecule has 3 aromatic carbocycles. The van der Waals surface area contributed by atoms with E-state index < -0.39 is 0 Å². The molecule has 0 bridgehead atoms. The molecule has 6 rings (SSSR count). The summed E-state index contributed by atoms with van der Waals surface area (Å²) in [6, 6.07) is 20.6. The van der Waals surface area contributed by atoms with Gasteiger partial charge in [-0.25, -0.2) is 0 Å². The third kappa shape index (κ3) is 5.94. The number of nitrogens with zero attached hydrogens (tertiary/aromatic N) is 5. The van der Waals surface area contributed by atoms with E-state index in [1.165, 1.54) is 36.5 Å². The first-order chi connectivity index (χ1) is 19.7.